The fraction of sp³-hybridized carbons (Fsp3) is 0.381. The van der Waals surface area contributed by atoms with Crippen LogP contribution in [0.5, 0.6) is 0 Å². The molecular weight excluding hydrogens is 366 g/mol. The maximum Gasteiger partial charge on any atom is 0.255 e. The summed E-state index contributed by atoms with van der Waals surface area (Å²) in [6.07, 6.45) is 12.5. The van der Waals surface area contributed by atoms with Crippen LogP contribution in [-0.4, -0.2) is 66.3 Å². The molecule has 1 aliphatic heterocycles. The van der Waals surface area contributed by atoms with E-state index in [9.17, 15) is 4.79 Å². The molecule has 3 aromatic rings. The number of carbonyl (C=O) groups excluding carboxylic acids is 1. The van der Waals surface area contributed by atoms with Crippen LogP contribution < -0.4 is 0 Å². The zero-order valence-corrected chi connectivity index (χ0v) is 16.6. The predicted molar refractivity (Wildman–Crippen MR) is 108 cm³/mol. The standard InChI is InChI=1S/C21H25N7O/c1-2-26-10-3-4-19(26)16-27(15-17-5-7-22-8-6-17)21(29)18-12-20(14-23-13-18)28-11-9-24-25-28/h5-9,11-14,19H,2-4,10,15-16H2,1H3. The number of amides is 1. The molecule has 1 aliphatic rings. The van der Waals surface area contributed by atoms with E-state index in [-0.39, 0.29) is 5.91 Å². The summed E-state index contributed by atoms with van der Waals surface area (Å²) in [6.45, 7) is 5.53. The molecular formula is C21H25N7O. The maximum atomic E-state index is 13.5. The van der Waals surface area contributed by atoms with Crippen molar-refractivity contribution in [3.8, 4) is 5.69 Å². The highest BCUT2D eigenvalue weighted by Gasteiger charge is 2.28. The Morgan fingerprint density at radius 3 is 2.83 bits per heavy atom. The van der Waals surface area contributed by atoms with Gasteiger partial charge in [0.05, 0.1) is 29.8 Å². The Bertz CT molecular complexity index is 929. The van der Waals surface area contributed by atoms with E-state index < -0.39 is 0 Å². The van der Waals surface area contributed by atoms with Gasteiger partial charge in [-0.1, -0.05) is 12.1 Å². The first-order chi connectivity index (χ1) is 14.2. The van der Waals surface area contributed by atoms with E-state index in [2.05, 4.69) is 32.1 Å². The molecule has 1 unspecified atom stereocenters. The van der Waals surface area contributed by atoms with Crippen molar-refractivity contribution in [2.24, 2.45) is 0 Å². The lowest BCUT2D eigenvalue weighted by Crippen LogP contribution is -2.42. The third-order valence-corrected chi connectivity index (χ3v) is 5.40. The number of hydrogen-bond acceptors (Lipinski definition) is 6. The van der Waals surface area contributed by atoms with Crippen molar-refractivity contribution >= 4 is 5.91 Å². The van der Waals surface area contributed by atoms with Crippen LogP contribution in [0.3, 0.4) is 0 Å². The first kappa shape index (κ1) is 19.2. The summed E-state index contributed by atoms with van der Waals surface area (Å²) in [4.78, 5) is 26.2. The van der Waals surface area contributed by atoms with Gasteiger partial charge >= 0.3 is 0 Å². The summed E-state index contributed by atoms with van der Waals surface area (Å²) in [5.74, 6) is -0.0285. The zero-order valence-electron chi connectivity index (χ0n) is 16.6. The molecule has 0 saturated carbocycles. The molecule has 1 saturated heterocycles. The summed E-state index contributed by atoms with van der Waals surface area (Å²) in [6, 6.07) is 6.11. The molecule has 3 aromatic heterocycles. The Labute approximate surface area is 170 Å². The minimum absolute atomic E-state index is 0.0285. The van der Waals surface area contributed by atoms with Gasteiger partial charge in [-0.3, -0.25) is 19.7 Å². The minimum Gasteiger partial charge on any atom is -0.333 e. The highest BCUT2D eigenvalue weighted by molar-refractivity contribution is 5.94. The van der Waals surface area contributed by atoms with Gasteiger partial charge in [-0.2, -0.15) is 0 Å². The van der Waals surface area contributed by atoms with E-state index in [0.717, 1.165) is 25.1 Å². The van der Waals surface area contributed by atoms with Gasteiger partial charge in [0.25, 0.3) is 5.91 Å². The molecule has 0 bridgehead atoms. The number of rotatable bonds is 7. The molecule has 4 rings (SSSR count). The second-order valence-corrected chi connectivity index (χ2v) is 7.25. The van der Waals surface area contributed by atoms with E-state index in [1.165, 1.54) is 6.42 Å². The van der Waals surface area contributed by atoms with Crippen LogP contribution in [0.25, 0.3) is 5.69 Å². The number of pyridine rings is 2. The molecule has 1 atom stereocenters. The smallest absolute Gasteiger partial charge is 0.255 e. The van der Waals surface area contributed by atoms with Crippen LogP contribution in [0.2, 0.25) is 0 Å². The average Bonchev–Trinajstić information content (AvgIpc) is 3.46. The van der Waals surface area contributed by atoms with Crippen molar-refractivity contribution in [2.75, 3.05) is 19.6 Å². The summed E-state index contributed by atoms with van der Waals surface area (Å²) in [7, 11) is 0. The minimum atomic E-state index is -0.0285. The summed E-state index contributed by atoms with van der Waals surface area (Å²) in [5, 5.41) is 7.82. The number of nitrogens with zero attached hydrogens (tertiary/aromatic N) is 7. The Balaban J connectivity index is 1.59. The van der Waals surface area contributed by atoms with Crippen LogP contribution in [0, 0.1) is 0 Å². The molecule has 0 aromatic carbocycles. The van der Waals surface area contributed by atoms with Gasteiger partial charge in [-0.05, 0) is 49.7 Å². The van der Waals surface area contributed by atoms with Crippen LogP contribution in [0.4, 0.5) is 0 Å². The van der Waals surface area contributed by atoms with E-state index in [4.69, 9.17) is 0 Å². The maximum absolute atomic E-state index is 13.5. The topological polar surface area (TPSA) is 80.0 Å². The lowest BCUT2D eigenvalue weighted by Gasteiger charge is -2.30. The van der Waals surface area contributed by atoms with E-state index >= 15 is 0 Å². The molecule has 4 heterocycles. The van der Waals surface area contributed by atoms with Crippen molar-refractivity contribution < 1.29 is 4.79 Å². The molecule has 150 valence electrons. The highest BCUT2D eigenvalue weighted by atomic mass is 16.2. The Hall–Kier alpha value is -3.13. The van der Waals surface area contributed by atoms with Gasteiger partial charge in [0.1, 0.15) is 0 Å². The van der Waals surface area contributed by atoms with Gasteiger partial charge in [-0.25, -0.2) is 4.68 Å². The Kier molecular flexibility index (Phi) is 5.90. The van der Waals surface area contributed by atoms with Crippen molar-refractivity contribution in [1.82, 2.24) is 34.8 Å². The van der Waals surface area contributed by atoms with Gasteiger partial charge in [0, 0.05) is 37.7 Å². The number of likely N-dealkylation sites (tertiary alicyclic amines) is 1. The van der Waals surface area contributed by atoms with E-state index in [1.54, 1.807) is 41.9 Å². The van der Waals surface area contributed by atoms with Crippen LogP contribution >= 0.6 is 0 Å². The number of carbonyl (C=O) groups is 1. The van der Waals surface area contributed by atoms with Crippen molar-refractivity contribution in [2.45, 2.75) is 32.4 Å². The highest BCUT2D eigenvalue weighted by Crippen LogP contribution is 2.20. The molecule has 1 fully saturated rings. The number of hydrogen-bond donors (Lipinski definition) is 0. The SMILES string of the molecule is CCN1CCCC1CN(Cc1ccncc1)C(=O)c1cncc(-n2ccnn2)c1. The zero-order chi connectivity index (χ0) is 20.1. The third kappa shape index (κ3) is 4.48. The fourth-order valence-electron chi connectivity index (χ4n) is 3.90. The number of likely N-dealkylation sites (N-methyl/N-ethyl adjacent to an activating group) is 1. The van der Waals surface area contributed by atoms with Crippen LogP contribution in [0.1, 0.15) is 35.7 Å². The van der Waals surface area contributed by atoms with Gasteiger partial charge < -0.3 is 4.90 Å². The van der Waals surface area contributed by atoms with Gasteiger partial charge in [-0.15, -0.1) is 5.10 Å². The van der Waals surface area contributed by atoms with Gasteiger partial charge in [0.2, 0.25) is 0 Å². The largest absolute Gasteiger partial charge is 0.333 e. The van der Waals surface area contributed by atoms with Gasteiger partial charge in [0.15, 0.2) is 0 Å². The monoisotopic (exact) mass is 391 g/mol. The average molecular weight is 391 g/mol. The molecule has 29 heavy (non-hydrogen) atoms. The quantitative estimate of drug-likeness (QED) is 0.614. The molecule has 0 aliphatic carbocycles. The van der Waals surface area contributed by atoms with E-state index in [1.807, 2.05) is 23.1 Å². The molecule has 0 N–H and O–H groups in total. The summed E-state index contributed by atoms with van der Waals surface area (Å²) in [5.41, 5.74) is 2.33. The molecule has 0 radical (unpaired) electrons. The molecule has 1 amide bonds. The third-order valence-electron chi connectivity index (χ3n) is 5.40. The molecule has 0 spiro atoms. The lowest BCUT2D eigenvalue weighted by atomic mass is 10.1. The first-order valence-corrected chi connectivity index (χ1v) is 9.98. The van der Waals surface area contributed by atoms with E-state index in [0.29, 0.717) is 30.4 Å². The van der Waals surface area contributed by atoms with Crippen molar-refractivity contribution in [3.05, 3.63) is 66.5 Å². The second-order valence-electron chi connectivity index (χ2n) is 7.25. The molecule has 8 nitrogen and oxygen atoms in total. The summed E-state index contributed by atoms with van der Waals surface area (Å²) >= 11 is 0. The second kappa shape index (κ2) is 8.91. The molecule has 8 heteroatoms. The predicted octanol–water partition coefficient (Wildman–Crippen LogP) is 2.18. The van der Waals surface area contributed by atoms with Crippen molar-refractivity contribution in [3.63, 3.8) is 0 Å². The van der Waals surface area contributed by atoms with Crippen molar-refractivity contribution in [1.29, 1.82) is 0 Å². The lowest BCUT2D eigenvalue weighted by molar-refractivity contribution is 0.0691. The normalized spacial score (nSPS) is 16.8. The van der Waals surface area contributed by atoms with Crippen LogP contribution in [-0.2, 0) is 6.54 Å². The summed E-state index contributed by atoms with van der Waals surface area (Å²) < 4.78 is 1.60. The number of aromatic nitrogens is 5. The Morgan fingerprint density at radius 2 is 2.07 bits per heavy atom. The first-order valence-electron chi connectivity index (χ1n) is 9.98. The van der Waals surface area contributed by atoms with Crippen LogP contribution in [0.15, 0.2) is 55.4 Å². The Morgan fingerprint density at radius 1 is 1.21 bits per heavy atom. The fourth-order valence-corrected chi connectivity index (χ4v) is 3.90.